The van der Waals surface area contributed by atoms with E-state index in [0.717, 1.165) is 24.9 Å². The van der Waals surface area contributed by atoms with Gasteiger partial charge in [-0.3, -0.25) is 0 Å². The van der Waals surface area contributed by atoms with Crippen molar-refractivity contribution in [1.29, 1.82) is 0 Å². The van der Waals surface area contributed by atoms with E-state index in [1.54, 1.807) is 0 Å². The van der Waals surface area contributed by atoms with Gasteiger partial charge in [0.15, 0.2) is 0 Å². The molecule has 1 aromatic carbocycles. The van der Waals surface area contributed by atoms with Gasteiger partial charge >= 0.3 is 5.97 Å². The number of hydrogen-bond acceptors (Lipinski definition) is 3. The molecule has 1 atom stereocenters. The minimum Gasteiger partial charge on any atom is -0.464 e. The number of aryl methyl sites for hydroxylation is 1. The molecule has 1 N–H and O–H groups in total. The number of ether oxygens (including phenoxy) is 1. The number of nitrogens with one attached hydrogen (secondary N) is 1. The second-order valence-electron chi connectivity index (χ2n) is 4.29. The summed E-state index contributed by atoms with van der Waals surface area (Å²) in [6.45, 7) is 6.45. The van der Waals surface area contributed by atoms with Crippen LogP contribution >= 0.6 is 0 Å². The molecule has 0 spiro atoms. The topological polar surface area (TPSA) is 38.3 Å². The summed E-state index contributed by atoms with van der Waals surface area (Å²) in [7, 11) is 0. The quantitative estimate of drug-likeness (QED) is 0.753. The number of anilines is 1. The Hall–Kier alpha value is -1.51. The molecule has 0 bridgehead atoms. The maximum absolute atomic E-state index is 11.8. The molecule has 3 heteroatoms. The van der Waals surface area contributed by atoms with Crippen molar-refractivity contribution in [1.82, 2.24) is 0 Å². The van der Waals surface area contributed by atoms with Crippen molar-refractivity contribution in [3.63, 3.8) is 0 Å². The second-order valence-corrected chi connectivity index (χ2v) is 4.29. The first-order valence-corrected chi connectivity index (χ1v) is 6.73. The van der Waals surface area contributed by atoms with Crippen molar-refractivity contribution >= 4 is 11.7 Å². The Balaban J connectivity index is 2.66. The number of carbonyl (C=O) groups is 1. The third-order valence-electron chi connectivity index (χ3n) is 2.85. The highest BCUT2D eigenvalue weighted by atomic mass is 16.5. The van der Waals surface area contributed by atoms with Gasteiger partial charge < -0.3 is 10.1 Å². The molecule has 0 amide bonds. The zero-order valence-electron chi connectivity index (χ0n) is 11.5. The highest BCUT2D eigenvalue weighted by Crippen LogP contribution is 2.13. The normalized spacial score (nSPS) is 11.9. The lowest BCUT2D eigenvalue weighted by molar-refractivity contribution is -0.144. The number of carbonyl (C=O) groups excluding carboxylic acids is 1. The first-order chi connectivity index (χ1) is 8.71. The molecule has 0 radical (unpaired) electrons. The third kappa shape index (κ3) is 4.40. The van der Waals surface area contributed by atoms with Crippen molar-refractivity contribution in [2.75, 3.05) is 11.9 Å². The Labute approximate surface area is 110 Å². The fourth-order valence-electron chi connectivity index (χ4n) is 1.82. The predicted molar refractivity (Wildman–Crippen MR) is 74.8 cm³/mol. The van der Waals surface area contributed by atoms with Crippen LogP contribution in [0.4, 0.5) is 5.69 Å². The highest BCUT2D eigenvalue weighted by molar-refractivity contribution is 5.79. The fourth-order valence-corrected chi connectivity index (χ4v) is 1.82. The van der Waals surface area contributed by atoms with Crippen LogP contribution in [0.2, 0.25) is 0 Å². The molecule has 0 saturated heterocycles. The lowest BCUT2D eigenvalue weighted by Gasteiger charge is -2.17. The van der Waals surface area contributed by atoms with Gasteiger partial charge in [0.1, 0.15) is 6.04 Å². The average molecular weight is 249 g/mol. The maximum atomic E-state index is 11.8. The number of benzene rings is 1. The van der Waals surface area contributed by atoms with Crippen molar-refractivity contribution in [3.8, 4) is 0 Å². The van der Waals surface area contributed by atoms with Crippen molar-refractivity contribution in [2.24, 2.45) is 0 Å². The van der Waals surface area contributed by atoms with Gasteiger partial charge in [-0.25, -0.2) is 4.79 Å². The van der Waals surface area contributed by atoms with E-state index >= 15 is 0 Å². The standard InChI is InChI=1S/C15H23NO2/c1-4-7-14(15(17)18-6-3)16-13-10-8-12(5-2)9-11-13/h8-11,14,16H,4-7H2,1-3H3. The van der Waals surface area contributed by atoms with Gasteiger partial charge in [-0.15, -0.1) is 0 Å². The average Bonchev–Trinajstić information content (AvgIpc) is 2.39. The molecule has 0 aliphatic carbocycles. The SMILES string of the molecule is CCCC(Nc1ccc(CC)cc1)C(=O)OCC. The molecule has 0 heterocycles. The van der Waals surface area contributed by atoms with Crippen LogP contribution in [0.1, 0.15) is 39.2 Å². The maximum Gasteiger partial charge on any atom is 0.328 e. The van der Waals surface area contributed by atoms with E-state index in [2.05, 4.69) is 31.3 Å². The molecule has 18 heavy (non-hydrogen) atoms. The van der Waals surface area contributed by atoms with Crippen molar-refractivity contribution < 1.29 is 9.53 Å². The van der Waals surface area contributed by atoms with Gasteiger partial charge in [-0.2, -0.15) is 0 Å². The van der Waals surface area contributed by atoms with Crippen molar-refractivity contribution in [2.45, 2.75) is 46.1 Å². The Kier molecular flexibility index (Phi) is 6.26. The zero-order valence-corrected chi connectivity index (χ0v) is 11.5. The van der Waals surface area contributed by atoms with E-state index in [1.807, 2.05) is 19.1 Å². The first kappa shape index (κ1) is 14.6. The number of rotatable bonds is 7. The van der Waals surface area contributed by atoms with E-state index in [1.165, 1.54) is 5.56 Å². The molecule has 0 aromatic heterocycles. The van der Waals surface area contributed by atoms with Crippen LogP contribution in [0.3, 0.4) is 0 Å². The summed E-state index contributed by atoms with van der Waals surface area (Å²) in [5.41, 5.74) is 2.27. The van der Waals surface area contributed by atoms with Crippen LogP contribution in [-0.4, -0.2) is 18.6 Å². The Morgan fingerprint density at radius 3 is 2.39 bits per heavy atom. The molecule has 3 nitrogen and oxygen atoms in total. The second kappa shape index (κ2) is 7.75. The summed E-state index contributed by atoms with van der Waals surface area (Å²) in [4.78, 5) is 11.8. The zero-order chi connectivity index (χ0) is 13.4. The number of esters is 1. The van der Waals surface area contributed by atoms with E-state index < -0.39 is 0 Å². The Morgan fingerprint density at radius 2 is 1.89 bits per heavy atom. The van der Waals surface area contributed by atoms with Crippen LogP contribution < -0.4 is 5.32 Å². The van der Waals surface area contributed by atoms with Crippen LogP contribution in [0.5, 0.6) is 0 Å². The minimum absolute atomic E-state index is 0.168. The molecule has 0 aliphatic rings. The van der Waals surface area contributed by atoms with Gasteiger partial charge in [-0.05, 0) is 37.5 Å². The first-order valence-electron chi connectivity index (χ1n) is 6.73. The van der Waals surface area contributed by atoms with Crippen LogP contribution in [0.15, 0.2) is 24.3 Å². The summed E-state index contributed by atoms with van der Waals surface area (Å²) in [5.74, 6) is -0.168. The summed E-state index contributed by atoms with van der Waals surface area (Å²) < 4.78 is 5.07. The predicted octanol–water partition coefficient (Wildman–Crippen LogP) is 3.39. The summed E-state index contributed by atoms with van der Waals surface area (Å²) >= 11 is 0. The van der Waals surface area contributed by atoms with Gasteiger partial charge in [0, 0.05) is 5.69 Å². The van der Waals surface area contributed by atoms with Crippen LogP contribution in [0, 0.1) is 0 Å². The van der Waals surface area contributed by atoms with Gasteiger partial charge in [0.25, 0.3) is 0 Å². The summed E-state index contributed by atoms with van der Waals surface area (Å²) in [5, 5.41) is 3.24. The van der Waals surface area contributed by atoms with E-state index in [0.29, 0.717) is 6.61 Å². The lowest BCUT2D eigenvalue weighted by atomic mass is 10.1. The van der Waals surface area contributed by atoms with Gasteiger partial charge in [-0.1, -0.05) is 32.4 Å². The van der Waals surface area contributed by atoms with E-state index in [-0.39, 0.29) is 12.0 Å². The Morgan fingerprint density at radius 1 is 1.22 bits per heavy atom. The molecular formula is C15H23NO2. The smallest absolute Gasteiger partial charge is 0.328 e. The van der Waals surface area contributed by atoms with E-state index in [4.69, 9.17) is 4.74 Å². The van der Waals surface area contributed by atoms with E-state index in [9.17, 15) is 4.79 Å². The van der Waals surface area contributed by atoms with Crippen LogP contribution in [-0.2, 0) is 16.0 Å². The Bertz CT molecular complexity index is 359. The van der Waals surface area contributed by atoms with Gasteiger partial charge in [0.05, 0.1) is 6.61 Å². The highest BCUT2D eigenvalue weighted by Gasteiger charge is 2.18. The van der Waals surface area contributed by atoms with Gasteiger partial charge in [0.2, 0.25) is 0 Å². The number of hydrogen-bond donors (Lipinski definition) is 1. The molecule has 0 fully saturated rings. The monoisotopic (exact) mass is 249 g/mol. The lowest BCUT2D eigenvalue weighted by Crippen LogP contribution is -2.31. The summed E-state index contributed by atoms with van der Waals surface area (Å²) in [6.07, 6.45) is 2.76. The molecule has 1 rings (SSSR count). The van der Waals surface area contributed by atoms with Crippen LogP contribution in [0.25, 0.3) is 0 Å². The third-order valence-corrected chi connectivity index (χ3v) is 2.85. The molecule has 1 aromatic rings. The molecule has 1 unspecified atom stereocenters. The van der Waals surface area contributed by atoms with Crippen molar-refractivity contribution in [3.05, 3.63) is 29.8 Å². The molecule has 0 saturated carbocycles. The largest absolute Gasteiger partial charge is 0.464 e. The minimum atomic E-state index is -0.248. The molecule has 100 valence electrons. The molecular weight excluding hydrogens is 226 g/mol. The summed E-state index contributed by atoms with van der Waals surface area (Å²) in [6, 6.07) is 7.94. The molecule has 0 aliphatic heterocycles. The fraction of sp³-hybridized carbons (Fsp3) is 0.533.